The third-order valence-corrected chi connectivity index (χ3v) is 3.49. The van der Waals surface area contributed by atoms with Crippen LogP contribution in [-0.4, -0.2) is 43.5 Å². The zero-order chi connectivity index (χ0) is 13.1. The van der Waals surface area contributed by atoms with E-state index in [1.54, 1.807) is 0 Å². The Morgan fingerprint density at radius 2 is 2.21 bits per heavy atom. The Hall–Kier alpha value is -0.810. The van der Waals surface area contributed by atoms with Gasteiger partial charge in [0.15, 0.2) is 0 Å². The molecule has 1 aromatic rings. The molecule has 0 atom stereocenters. The number of hydrogen-bond donors (Lipinski definition) is 2. The van der Waals surface area contributed by atoms with E-state index in [9.17, 15) is 4.79 Å². The standard InChI is InChI=1S/C13H18ClN3O.ClH/c1-9-3-4-12(11(14)5-9)16-13(18)8-17(2)10-6-15-7-10;/h3-5,10,15H,6-8H2,1-2H3,(H,16,18);1H. The second-order valence-electron chi connectivity index (χ2n) is 4.76. The van der Waals surface area contributed by atoms with Gasteiger partial charge in [0.1, 0.15) is 0 Å². The monoisotopic (exact) mass is 303 g/mol. The molecule has 1 saturated heterocycles. The van der Waals surface area contributed by atoms with Crippen molar-refractivity contribution in [3.63, 3.8) is 0 Å². The molecular weight excluding hydrogens is 285 g/mol. The number of rotatable bonds is 4. The summed E-state index contributed by atoms with van der Waals surface area (Å²) in [4.78, 5) is 13.9. The number of aryl methyl sites for hydroxylation is 1. The Kier molecular flexibility index (Phi) is 6.07. The SMILES string of the molecule is Cc1ccc(NC(=O)CN(C)C2CNC2)c(Cl)c1.Cl. The van der Waals surface area contributed by atoms with Crippen molar-refractivity contribution in [3.8, 4) is 0 Å². The summed E-state index contributed by atoms with van der Waals surface area (Å²) in [5.74, 6) is -0.0323. The van der Waals surface area contributed by atoms with Crippen LogP contribution in [0.1, 0.15) is 5.56 Å². The molecule has 2 N–H and O–H groups in total. The van der Waals surface area contributed by atoms with Crippen molar-refractivity contribution in [3.05, 3.63) is 28.8 Å². The molecule has 0 radical (unpaired) electrons. The Morgan fingerprint density at radius 1 is 1.53 bits per heavy atom. The number of halogens is 2. The second kappa shape index (κ2) is 7.10. The van der Waals surface area contributed by atoms with Gasteiger partial charge >= 0.3 is 0 Å². The highest BCUT2D eigenvalue weighted by Crippen LogP contribution is 2.22. The Morgan fingerprint density at radius 3 is 2.74 bits per heavy atom. The van der Waals surface area contributed by atoms with Gasteiger partial charge in [0.25, 0.3) is 0 Å². The van der Waals surface area contributed by atoms with E-state index in [0.717, 1.165) is 18.7 Å². The van der Waals surface area contributed by atoms with Crippen molar-refractivity contribution >= 4 is 35.6 Å². The molecule has 0 bridgehead atoms. The van der Waals surface area contributed by atoms with E-state index in [4.69, 9.17) is 11.6 Å². The summed E-state index contributed by atoms with van der Waals surface area (Å²) in [5.41, 5.74) is 1.75. The Labute approximate surface area is 124 Å². The summed E-state index contributed by atoms with van der Waals surface area (Å²) < 4.78 is 0. The van der Waals surface area contributed by atoms with Crippen molar-refractivity contribution in [2.75, 3.05) is 32.0 Å². The molecule has 1 heterocycles. The van der Waals surface area contributed by atoms with Gasteiger partial charge in [0.05, 0.1) is 17.3 Å². The number of carbonyl (C=O) groups excluding carboxylic acids is 1. The van der Waals surface area contributed by atoms with Crippen LogP contribution in [0.3, 0.4) is 0 Å². The average Bonchev–Trinajstić information content (AvgIpc) is 2.19. The van der Waals surface area contributed by atoms with Gasteiger partial charge in [-0.05, 0) is 31.7 Å². The summed E-state index contributed by atoms with van der Waals surface area (Å²) in [7, 11) is 1.96. The summed E-state index contributed by atoms with van der Waals surface area (Å²) in [6.07, 6.45) is 0. The summed E-state index contributed by atoms with van der Waals surface area (Å²) in [6.45, 7) is 4.26. The lowest BCUT2D eigenvalue weighted by Gasteiger charge is -2.35. The first kappa shape index (κ1) is 16.2. The van der Waals surface area contributed by atoms with Crippen LogP contribution in [0.25, 0.3) is 0 Å². The van der Waals surface area contributed by atoms with Gasteiger partial charge in [-0.25, -0.2) is 0 Å². The van der Waals surface area contributed by atoms with Crippen molar-refractivity contribution < 1.29 is 4.79 Å². The topological polar surface area (TPSA) is 44.4 Å². The predicted molar refractivity (Wildman–Crippen MR) is 81.4 cm³/mol. The van der Waals surface area contributed by atoms with Crippen molar-refractivity contribution in [2.24, 2.45) is 0 Å². The fraction of sp³-hybridized carbons (Fsp3) is 0.462. The van der Waals surface area contributed by atoms with Crippen LogP contribution in [-0.2, 0) is 4.79 Å². The number of likely N-dealkylation sites (N-methyl/N-ethyl adjacent to an activating group) is 1. The van der Waals surface area contributed by atoms with Gasteiger partial charge in [-0.3, -0.25) is 9.69 Å². The molecule has 4 nitrogen and oxygen atoms in total. The van der Waals surface area contributed by atoms with Crippen LogP contribution in [0.4, 0.5) is 5.69 Å². The minimum atomic E-state index is -0.0323. The first-order valence-corrected chi connectivity index (χ1v) is 6.41. The van der Waals surface area contributed by atoms with E-state index < -0.39 is 0 Å². The minimum Gasteiger partial charge on any atom is -0.324 e. The number of benzene rings is 1. The first-order chi connectivity index (χ1) is 8.56. The molecular formula is C13H19Cl2N3O. The lowest BCUT2D eigenvalue weighted by atomic mass is 10.1. The average molecular weight is 304 g/mol. The minimum absolute atomic E-state index is 0. The second-order valence-corrected chi connectivity index (χ2v) is 5.17. The molecule has 0 unspecified atom stereocenters. The molecule has 1 aromatic carbocycles. The number of hydrogen-bond acceptors (Lipinski definition) is 3. The van der Waals surface area contributed by atoms with Crippen LogP contribution in [0, 0.1) is 6.92 Å². The van der Waals surface area contributed by atoms with Gasteiger partial charge in [-0.15, -0.1) is 12.4 Å². The molecule has 1 fully saturated rings. The van der Waals surface area contributed by atoms with E-state index in [0.29, 0.717) is 23.3 Å². The Bertz CT molecular complexity index is 450. The number of nitrogens with one attached hydrogen (secondary N) is 2. The Balaban J connectivity index is 0.00000180. The third kappa shape index (κ3) is 4.35. The molecule has 106 valence electrons. The molecule has 2 rings (SSSR count). The lowest BCUT2D eigenvalue weighted by Crippen LogP contribution is -2.57. The first-order valence-electron chi connectivity index (χ1n) is 6.03. The molecule has 1 aliphatic rings. The highest BCUT2D eigenvalue weighted by atomic mass is 35.5. The maximum absolute atomic E-state index is 11.9. The lowest BCUT2D eigenvalue weighted by molar-refractivity contribution is -0.117. The fourth-order valence-electron chi connectivity index (χ4n) is 1.85. The van der Waals surface area contributed by atoms with E-state index in [1.807, 2.05) is 37.1 Å². The van der Waals surface area contributed by atoms with Gasteiger partial charge in [-0.2, -0.15) is 0 Å². The predicted octanol–water partition coefficient (Wildman–Crippen LogP) is 1.91. The zero-order valence-electron chi connectivity index (χ0n) is 11.1. The van der Waals surface area contributed by atoms with Crippen molar-refractivity contribution in [1.82, 2.24) is 10.2 Å². The molecule has 0 spiro atoms. The van der Waals surface area contributed by atoms with Gasteiger partial charge in [-0.1, -0.05) is 17.7 Å². The molecule has 0 aromatic heterocycles. The largest absolute Gasteiger partial charge is 0.324 e. The summed E-state index contributed by atoms with van der Waals surface area (Å²) in [6, 6.07) is 6.07. The van der Waals surface area contributed by atoms with Gasteiger partial charge < -0.3 is 10.6 Å². The molecule has 19 heavy (non-hydrogen) atoms. The molecule has 6 heteroatoms. The van der Waals surface area contributed by atoms with Crippen LogP contribution >= 0.6 is 24.0 Å². The van der Waals surface area contributed by atoms with Gasteiger partial charge in [0, 0.05) is 19.1 Å². The van der Waals surface area contributed by atoms with Crippen LogP contribution in [0.5, 0.6) is 0 Å². The fourth-order valence-corrected chi connectivity index (χ4v) is 2.13. The maximum atomic E-state index is 11.9. The number of amides is 1. The van der Waals surface area contributed by atoms with Gasteiger partial charge in [0.2, 0.25) is 5.91 Å². The smallest absolute Gasteiger partial charge is 0.238 e. The van der Waals surface area contributed by atoms with E-state index in [2.05, 4.69) is 10.6 Å². The maximum Gasteiger partial charge on any atom is 0.238 e. The summed E-state index contributed by atoms with van der Waals surface area (Å²) >= 11 is 6.07. The normalized spacial score (nSPS) is 14.7. The third-order valence-electron chi connectivity index (χ3n) is 3.17. The molecule has 1 aliphatic heterocycles. The number of anilines is 1. The quantitative estimate of drug-likeness (QED) is 0.893. The van der Waals surface area contributed by atoms with Crippen molar-refractivity contribution in [1.29, 1.82) is 0 Å². The number of carbonyl (C=O) groups is 1. The molecule has 1 amide bonds. The van der Waals surface area contributed by atoms with E-state index in [-0.39, 0.29) is 18.3 Å². The zero-order valence-corrected chi connectivity index (χ0v) is 12.6. The van der Waals surface area contributed by atoms with E-state index >= 15 is 0 Å². The highest BCUT2D eigenvalue weighted by Gasteiger charge is 2.22. The van der Waals surface area contributed by atoms with E-state index in [1.165, 1.54) is 0 Å². The summed E-state index contributed by atoms with van der Waals surface area (Å²) in [5, 5.41) is 6.60. The molecule has 0 saturated carbocycles. The molecule has 0 aliphatic carbocycles. The van der Waals surface area contributed by atoms with Crippen molar-refractivity contribution in [2.45, 2.75) is 13.0 Å². The number of nitrogens with zero attached hydrogens (tertiary/aromatic N) is 1. The van der Waals surface area contributed by atoms with Crippen LogP contribution in [0.15, 0.2) is 18.2 Å². The highest BCUT2D eigenvalue weighted by molar-refractivity contribution is 6.33. The van der Waals surface area contributed by atoms with Crippen LogP contribution in [0.2, 0.25) is 5.02 Å². The van der Waals surface area contributed by atoms with Crippen LogP contribution < -0.4 is 10.6 Å².